The maximum Gasteiger partial charge on any atom is 0.0471 e. The highest BCUT2D eigenvalue weighted by molar-refractivity contribution is 6.31. The van der Waals surface area contributed by atoms with Gasteiger partial charge in [-0.15, -0.1) is 0 Å². The molecule has 1 heterocycles. The second kappa shape index (κ2) is 5.95. The number of halogens is 1. The Morgan fingerprint density at radius 1 is 1.05 bits per heavy atom. The average Bonchev–Trinajstić information content (AvgIpc) is 2.49. The van der Waals surface area contributed by atoms with Crippen LogP contribution in [0.2, 0.25) is 5.02 Å². The number of piperidine rings is 1. The number of nitrogens with two attached hydrogens (primary N) is 1. The van der Waals surface area contributed by atoms with Crippen molar-refractivity contribution in [2.75, 3.05) is 18.0 Å². The number of hydrogen-bond acceptors (Lipinski definition) is 2. The lowest BCUT2D eigenvalue weighted by atomic mass is 9.68. The Bertz CT molecular complexity index is 456. The summed E-state index contributed by atoms with van der Waals surface area (Å²) in [5.74, 6) is 0. The van der Waals surface area contributed by atoms with Gasteiger partial charge in [-0.2, -0.15) is 0 Å². The summed E-state index contributed by atoms with van der Waals surface area (Å²) in [7, 11) is 0. The molecular formula is C17H25ClN2. The van der Waals surface area contributed by atoms with Crippen LogP contribution in [0, 0.1) is 5.41 Å². The lowest BCUT2D eigenvalue weighted by molar-refractivity contribution is 0.144. The summed E-state index contributed by atoms with van der Waals surface area (Å²) >= 11 is 6.28. The molecule has 1 aliphatic heterocycles. The van der Waals surface area contributed by atoms with E-state index in [0.29, 0.717) is 12.0 Å². The molecule has 3 heteroatoms. The zero-order valence-electron chi connectivity index (χ0n) is 12.2. The highest BCUT2D eigenvalue weighted by Gasteiger charge is 2.35. The zero-order chi connectivity index (χ0) is 14.0. The predicted molar refractivity (Wildman–Crippen MR) is 86.3 cm³/mol. The average molecular weight is 293 g/mol. The van der Waals surface area contributed by atoms with E-state index in [-0.39, 0.29) is 0 Å². The first-order valence-corrected chi connectivity index (χ1v) is 8.34. The van der Waals surface area contributed by atoms with Crippen LogP contribution in [0.5, 0.6) is 0 Å². The molecule has 0 atom stereocenters. The lowest BCUT2D eigenvalue weighted by Gasteiger charge is -2.45. The van der Waals surface area contributed by atoms with Crippen LogP contribution in [0.1, 0.15) is 50.5 Å². The molecule has 110 valence electrons. The lowest BCUT2D eigenvalue weighted by Crippen LogP contribution is -2.41. The summed E-state index contributed by atoms with van der Waals surface area (Å²) in [4.78, 5) is 2.49. The second-order valence-electron chi connectivity index (χ2n) is 6.49. The Balaban J connectivity index is 1.73. The molecule has 0 bridgehead atoms. The van der Waals surface area contributed by atoms with Gasteiger partial charge in [-0.3, -0.25) is 0 Å². The highest BCUT2D eigenvalue weighted by atomic mass is 35.5. The normalized spacial score (nSPS) is 22.2. The molecule has 20 heavy (non-hydrogen) atoms. The van der Waals surface area contributed by atoms with E-state index in [0.717, 1.165) is 23.7 Å². The Hall–Kier alpha value is -0.730. The van der Waals surface area contributed by atoms with Crippen LogP contribution in [0.25, 0.3) is 0 Å². The Morgan fingerprint density at radius 2 is 1.75 bits per heavy atom. The highest BCUT2D eigenvalue weighted by Crippen LogP contribution is 2.45. The maximum atomic E-state index is 6.28. The molecule has 0 aromatic heterocycles. The van der Waals surface area contributed by atoms with Gasteiger partial charge in [-0.1, -0.05) is 36.9 Å². The molecule has 1 saturated carbocycles. The van der Waals surface area contributed by atoms with Gasteiger partial charge >= 0.3 is 0 Å². The summed E-state index contributed by atoms with van der Waals surface area (Å²) in [5.41, 5.74) is 8.89. The van der Waals surface area contributed by atoms with Gasteiger partial charge in [0, 0.05) is 35.9 Å². The van der Waals surface area contributed by atoms with Crippen LogP contribution in [-0.2, 0) is 6.54 Å². The molecule has 1 aromatic rings. The molecule has 1 saturated heterocycles. The first-order chi connectivity index (χ1) is 9.74. The molecule has 0 amide bonds. The summed E-state index contributed by atoms with van der Waals surface area (Å²) < 4.78 is 0. The molecule has 0 radical (unpaired) electrons. The van der Waals surface area contributed by atoms with Crippen LogP contribution >= 0.6 is 11.6 Å². The van der Waals surface area contributed by atoms with Gasteiger partial charge in [-0.25, -0.2) is 0 Å². The number of nitrogens with zero attached hydrogens (tertiary/aromatic N) is 1. The third kappa shape index (κ3) is 2.68. The minimum Gasteiger partial charge on any atom is -0.371 e. The van der Waals surface area contributed by atoms with Crippen LogP contribution < -0.4 is 10.6 Å². The molecule has 1 spiro atoms. The first-order valence-electron chi connectivity index (χ1n) is 7.97. The van der Waals surface area contributed by atoms with E-state index in [4.69, 9.17) is 17.3 Å². The topological polar surface area (TPSA) is 29.3 Å². The quantitative estimate of drug-likeness (QED) is 0.878. The van der Waals surface area contributed by atoms with Crippen molar-refractivity contribution < 1.29 is 0 Å². The Morgan fingerprint density at radius 3 is 2.40 bits per heavy atom. The summed E-state index contributed by atoms with van der Waals surface area (Å²) in [6, 6.07) is 6.16. The van der Waals surface area contributed by atoms with Crippen molar-refractivity contribution in [3.8, 4) is 0 Å². The number of rotatable bonds is 2. The first kappa shape index (κ1) is 14.2. The number of hydrogen-bond donors (Lipinski definition) is 1. The van der Waals surface area contributed by atoms with Crippen molar-refractivity contribution in [3.05, 3.63) is 28.8 Å². The SMILES string of the molecule is NCc1c(Cl)cccc1N1CCC2(CCCCC2)CC1. The van der Waals surface area contributed by atoms with Crippen molar-refractivity contribution in [1.29, 1.82) is 0 Å². The van der Waals surface area contributed by atoms with E-state index in [1.165, 1.54) is 50.6 Å². The van der Waals surface area contributed by atoms with Gasteiger partial charge in [0.1, 0.15) is 0 Å². The molecule has 2 nitrogen and oxygen atoms in total. The minimum absolute atomic E-state index is 0.524. The van der Waals surface area contributed by atoms with Gasteiger partial charge in [-0.05, 0) is 43.2 Å². The van der Waals surface area contributed by atoms with Gasteiger partial charge in [0.25, 0.3) is 0 Å². The van der Waals surface area contributed by atoms with Gasteiger partial charge in [0.2, 0.25) is 0 Å². The van der Waals surface area contributed by atoms with Crippen LogP contribution in [-0.4, -0.2) is 13.1 Å². The fourth-order valence-electron chi connectivity index (χ4n) is 4.07. The molecule has 1 aromatic carbocycles. The summed E-state index contributed by atoms with van der Waals surface area (Å²) in [6.07, 6.45) is 9.88. The van der Waals surface area contributed by atoms with E-state index in [1.54, 1.807) is 0 Å². The molecular weight excluding hydrogens is 268 g/mol. The van der Waals surface area contributed by atoms with Crippen molar-refractivity contribution in [1.82, 2.24) is 0 Å². The molecule has 2 aliphatic rings. The van der Waals surface area contributed by atoms with Gasteiger partial charge in [0.05, 0.1) is 0 Å². The molecule has 1 aliphatic carbocycles. The maximum absolute atomic E-state index is 6.28. The van der Waals surface area contributed by atoms with Crippen LogP contribution in [0.4, 0.5) is 5.69 Å². The second-order valence-corrected chi connectivity index (χ2v) is 6.90. The van der Waals surface area contributed by atoms with E-state index in [9.17, 15) is 0 Å². The van der Waals surface area contributed by atoms with E-state index in [1.807, 2.05) is 12.1 Å². The van der Waals surface area contributed by atoms with Crippen molar-refractivity contribution in [3.63, 3.8) is 0 Å². The van der Waals surface area contributed by atoms with E-state index < -0.39 is 0 Å². The monoisotopic (exact) mass is 292 g/mol. The molecule has 2 fully saturated rings. The predicted octanol–water partition coefficient (Wildman–Crippen LogP) is 4.35. The smallest absolute Gasteiger partial charge is 0.0471 e. The van der Waals surface area contributed by atoms with Crippen LogP contribution in [0.15, 0.2) is 18.2 Å². The van der Waals surface area contributed by atoms with Crippen molar-refractivity contribution in [2.45, 2.75) is 51.5 Å². The number of anilines is 1. The summed E-state index contributed by atoms with van der Waals surface area (Å²) in [5, 5.41) is 0.808. The molecule has 0 unspecified atom stereocenters. The Kier molecular flexibility index (Phi) is 4.23. The fourth-order valence-corrected chi connectivity index (χ4v) is 4.32. The standard InChI is InChI=1S/C17H25ClN2/c18-15-5-4-6-16(14(15)13-19)20-11-9-17(10-12-20)7-2-1-3-8-17/h4-6H,1-3,7-13,19H2. The third-order valence-electron chi connectivity index (χ3n) is 5.38. The third-order valence-corrected chi connectivity index (χ3v) is 5.73. The van der Waals surface area contributed by atoms with Crippen molar-refractivity contribution in [2.24, 2.45) is 11.1 Å². The fraction of sp³-hybridized carbons (Fsp3) is 0.647. The largest absolute Gasteiger partial charge is 0.371 e. The van der Waals surface area contributed by atoms with Crippen molar-refractivity contribution >= 4 is 17.3 Å². The molecule has 2 N–H and O–H groups in total. The summed E-state index contributed by atoms with van der Waals surface area (Å²) in [6.45, 7) is 2.84. The minimum atomic E-state index is 0.524. The molecule has 3 rings (SSSR count). The van der Waals surface area contributed by atoms with E-state index in [2.05, 4.69) is 11.0 Å². The van der Waals surface area contributed by atoms with Gasteiger partial charge < -0.3 is 10.6 Å². The zero-order valence-corrected chi connectivity index (χ0v) is 13.0. The number of benzene rings is 1. The van der Waals surface area contributed by atoms with Gasteiger partial charge in [0.15, 0.2) is 0 Å². The Labute approximate surface area is 127 Å². The van der Waals surface area contributed by atoms with Crippen LogP contribution in [0.3, 0.4) is 0 Å². The van der Waals surface area contributed by atoms with E-state index >= 15 is 0 Å².